The molecule has 11 aromatic carbocycles. The van der Waals surface area contributed by atoms with Gasteiger partial charge >= 0.3 is 0 Å². The Hall–Kier alpha value is -7.06. The molecule has 1 heterocycles. The van der Waals surface area contributed by atoms with Crippen LogP contribution in [-0.4, -0.2) is 0 Å². The number of hydrogen-bond donors (Lipinski definition) is 0. The SMILES string of the molecule is c1ccc(-c2cc3ccccc3c3ccccc23)c(-c2ccc(-c3c4ccccc4c(-c4cccc5c4sc4cc6ccccc6cc45)c4ccccc34)cc2)c1. The minimum Gasteiger partial charge on any atom is -0.135 e. The molecule has 0 saturated heterocycles. The highest BCUT2D eigenvalue weighted by molar-refractivity contribution is 7.26. The van der Waals surface area contributed by atoms with Crippen molar-refractivity contribution in [2.75, 3.05) is 0 Å². The third-order valence-corrected chi connectivity index (χ3v) is 13.2. The lowest BCUT2D eigenvalue weighted by Crippen LogP contribution is -1.91. The minimum atomic E-state index is 1.21. The number of hydrogen-bond acceptors (Lipinski definition) is 1. The highest BCUT2D eigenvalue weighted by atomic mass is 32.1. The maximum Gasteiger partial charge on any atom is 0.0434 e. The molecule has 57 heavy (non-hydrogen) atoms. The van der Waals surface area contributed by atoms with Gasteiger partial charge in [-0.3, -0.25) is 0 Å². The van der Waals surface area contributed by atoms with Crippen LogP contribution in [0.4, 0.5) is 0 Å². The number of thiophene rings is 1. The second-order valence-corrected chi connectivity index (χ2v) is 16.2. The van der Waals surface area contributed by atoms with Gasteiger partial charge in [0.15, 0.2) is 0 Å². The van der Waals surface area contributed by atoms with Crippen molar-refractivity contribution in [2.45, 2.75) is 0 Å². The van der Waals surface area contributed by atoms with Gasteiger partial charge in [-0.15, -0.1) is 11.3 Å². The highest BCUT2D eigenvalue weighted by Gasteiger charge is 2.20. The van der Waals surface area contributed by atoms with Gasteiger partial charge in [-0.1, -0.05) is 188 Å². The van der Waals surface area contributed by atoms with Gasteiger partial charge in [0.25, 0.3) is 0 Å². The van der Waals surface area contributed by atoms with Gasteiger partial charge in [0.2, 0.25) is 0 Å². The minimum absolute atomic E-state index is 1.21. The molecule has 1 heteroatoms. The van der Waals surface area contributed by atoms with Crippen LogP contribution < -0.4 is 0 Å². The molecule has 0 bridgehead atoms. The molecule has 12 aromatic rings. The Morgan fingerprint density at radius 3 is 1.44 bits per heavy atom. The van der Waals surface area contributed by atoms with E-state index in [0.29, 0.717) is 0 Å². The van der Waals surface area contributed by atoms with Crippen LogP contribution in [0.25, 0.3) is 119 Å². The van der Waals surface area contributed by atoms with Crippen LogP contribution in [0.15, 0.2) is 206 Å². The second kappa shape index (κ2) is 12.7. The summed E-state index contributed by atoms with van der Waals surface area (Å²) in [4.78, 5) is 0. The Balaban J connectivity index is 1.04. The third kappa shape index (κ3) is 4.99. The Morgan fingerprint density at radius 2 is 0.737 bits per heavy atom. The molecule has 0 nitrogen and oxygen atoms in total. The summed E-state index contributed by atoms with van der Waals surface area (Å²) < 4.78 is 2.67. The van der Waals surface area contributed by atoms with E-state index in [1.807, 2.05) is 11.3 Å². The van der Waals surface area contributed by atoms with Crippen LogP contribution in [0.5, 0.6) is 0 Å². The predicted molar refractivity (Wildman–Crippen MR) is 249 cm³/mol. The number of fused-ring (bicyclic) bond motifs is 9. The monoisotopic (exact) mass is 738 g/mol. The Morgan fingerprint density at radius 1 is 0.246 bits per heavy atom. The molecule has 0 aliphatic carbocycles. The number of rotatable bonds is 4. The molecule has 0 aliphatic heterocycles. The molecular formula is C56H34S. The first-order chi connectivity index (χ1) is 28.3. The van der Waals surface area contributed by atoms with Gasteiger partial charge in [0.1, 0.15) is 0 Å². The molecule has 0 spiro atoms. The topological polar surface area (TPSA) is 0 Å². The normalized spacial score (nSPS) is 11.9. The average molecular weight is 739 g/mol. The van der Waals surface area contributed by atoms with E-state index in [9.17, 15) is 0 Å². The van der Waals surface area contributed by atoms with Gasteiger partial charge in [-0.2, -0.15) is 0 Å². The first-order valence-electron chi connectivity index (χ1n) is 19.7. The summed E-state index contributed by atoms with van der Waals surface area (Å²) in [7, 11) is 0. The maximum atomic E-state index is 2.37. The van der Waals surface area contributed by atoms with E-state index in [1.165, 1.54) is 119 Å². The molecule has 0 fully saturated rings. The quantitative estimate of drug-likeness (QED) is 0.125. The van der Waals surface area contributed by atoms with Crippen LogP contribution in [0.2, 0.25) is 0 Å². The smallest absolute Gasteiger partial charge is 0.0434 e. The summed E-state index contributed by atoms with van der Waals surface area (Å²) in [5.41, 5.74) is 10.1. The highest BCUT2D eigenvalue weighted by Crippen LogP contribution is 2.49. The molecule has 0 aliphatic rings. The molecule has 12 rings (SSSR count). The molecule has 0 unspecified atom stereocenters. The Kier molecular flexibility index (Phi) is 7.20. The fourth-order valence-corrected chi connectivity index (χ4v) is 10.7. The van der Waals surface area contributed by atoms with Crippen LogP contribution >= 0.6 is 11.3 Å². The largest absolute Gasteiger partial charge is 0.135 e. The average Bonchev–Trinajstić information content (AvgIpc) is 3.65. The lowest BCUT2D eigenvalue weighted by Gasteiger charge is -2.19. The molecule has 0 amide bonds. The van der Waals surface area contributed by atoms with Gasteiger partial charge in [-0.05, 0) is 111 Å². The van der Waals surface area contributed by atoms with E-state index in [0.717, 1.165) is 0 Å². The molecule has 0 radical (unpaired) electrons. The van der Waals surface area contributed by atoms with E-state index in [4.69, 9.17) is 0 Å². The summed E-state index contributed by atoms with van der Waals surface area (Å²) in [5.74, 6) is 0. The standard InChI is InChI=1S/C56H34S/c1-2-15-38-34-53-52(32-37(38)14-1)49-26-13-27-50(56(49)57-53)55-47-24-11-9-22-45(47)54(46-23-10-12-25-48(46)55)36-30-28-35(29-31-36)40-17-5-6-20-43(40)51-33-39-16-3-4-18-41(39)42-19-7-8-21-44(42)51/h1-34H. The zero-order chi connectivity index (χ0) is 37.5. The lowest BCUT2D eigenvalue weighted by molar-refractivity contribution is 1.60. The van der Waals surface area contributed by atoms with Crippen LogP contribution in [0.1, 0.15) is 0 Å². The summed E-state index contributed by atoms with van der Waals surface area (Å²) >= 11 is 1.92. The van der Waals surface area contributed by atoms with Gasteiger partial charge < -0.3 is 0 Å². The van der Waals surface area contributed by atoms with E-state index < -0.39 is 0 Å². The van der Waals surface area contributed by atoms with E-state index in [1.54, 1.807) is 0 Å². The predicted octanol–water partition coefficient (Wildman–Crippen LogP) is 16.5. The first-order valence-corrected chi connectivity index (χ1v) is 20.5. The maximum absolute atomic E-state index is 2.37. The fourth-order valence-electron chi connectivity index (χ4n) is 9.47. The number of benzene rings is 11. The molecule has 1 aromatic heterocycles. The van der Waals surface area contributed by atoms with Crippen LogP contribution in [0, 0.1) is 0 Å². The Labute approximate surface area is 334 Å². The Bertz CT molecular complexity index is 3510. The van der Waals surface area contributed by atoms with Crippen LogP contribution in [0.3, 0.4) is 0 Å². The van der Waals surface area contributed by atoms with E-state index >= 15 is 0 Å². The zero-order valence-corrected chi connectivity index (χ0v) is 31.9. The molecule has 0 N–H and O–H groups in total. The van der Waals surface area contributed by atoms with Crippen molar-refractivity contribution in [1.82, 2.24) is 0 Å². The molecule has 0 saturated carbocycles. The zero-order valence-electron chi connectivity index (χ0n) is 31.0. The summed E-state index contributed by atoms with van der Waals surface area (Å²) in [6, 6.07) is 76.4. The molecular weight excluding hydrogens is 705 g/mol. The summed E-state index contributed by atoms with van der Waals surface area (Å²) in [6.07, 6.45) is 0. The lowest BCUT2D eigenvalue weighted by atomic mass is 9.85. The second-order valence-electron chi connectivity index (χ2n) is 15.1. The molecule has 0 atom stereocenters. The van der Waals surface area contributed by atoms with Crippen molar-refractivity contribution in [3.05, 3.63) is 206 Å². The van der Waals surface area contributed by atoms with Crippen molar-refractivity contribution in [3.8, 4) is 44.5 Å². The first kappa shape index (κ1) is 32.2. The van der Waals surface area contributed by atoms with E-state index in [2.05, 4.69) is 206 Å². The summed E-state index contributed by atoms with van der Waals surface area (Å²) in [5, 5.41) is 15.4. The van der Waals surface area contributed by atoms with Crippen molar-refractivity contribution in [2.24, 2.45) is 0 Å². The van der Waals surface area contributed by atoms with Gasteiger partial charge in [0.05, 0.1) is 0 Å². The molecule has 264 valence electrons. The third-order valence-electron chi connectivity index (χ3n) is 12.0. The van der Waals surface area contributed by atoms with Gasteiger partial charge in [-0.25, -0.2) is 0 Å². The van der Waals surface area contributed by atoms with Gasteiger partial charge in [0, 0.05) is 25.7 Å². The van der Waals surface area contributed by atoms with Crippen molar-refractivity contribution >= 4 is 85.4 Å². The fraction of sp³-hybridized carbons (Fsp3) is 0. The summed E-state index contributed by atoms with van der Waals surface area (Å²) in [6.45, 7) is 0. The van der Waals surface area contributed by atoms with Crippen molar-refractivity contribution in [1.29, 1.82) is 0 Å². The van der Waals surface area contributed by atoms with Crippen LogP contribution in [-0.2, 0) is 0 Å². The van der Waals surface area contributed by atoms with Crippen molar-refractivity contribution in [3.63, 3.8) is 0 Å². The van der Waals surface area contributed by atoms with Crippen molar-refractivity contribution < 1.29 is 0 Å². The van der Waals surface area contributed by atoms with E-state index in [-0.39, 0.29) is 0 Å².